The molecule has 1 unspecified atom stereocenters. The van der Waals surface area contributed by atoms with Gasteiger partial charge in [-0.05, 0) is 44.0 Å². The SMILES string of the molecule is COc1cccc(NC(=O)Cn2c(=O)oc3cc(S(=O)(=O)N4CCCCC4C)ccc32)c1. The molecule has 1 saturated heterocycles. The fourth-order valence-electron chi connectivity index (χ4n) is 3.97. The van der Waals surface area contributed by atoms with Gasteiger partial charge in [-0.15, -0.1) is 0 Å². The highest BCUT2D eigenvalue weighted by Crippen LogP contribution is 2.27. The topological polar surface area (TPSA) is 111 Å². The van der Waals surface area contributed by atoms with Gasteiger partial charge in [0.05, 0.1) is 17.5 Å². The molecule has 10 heteroatoms. The third-order valence-corrected chi connectivity index (χ3v) is 7.65. The van der Waals surface area contributed by atoms with Crippen molar-refractivity contribution in [1.82, 2.24) is 8.87 Å². The van der Waals surface area contributed by atoms with E-state index in [1.54, 1.807) is 24.3 Å². The van der Waals surface area contributed by atoms with Crippen LogP contribution in [0, 0.1) is 0 Å². The van der Waals surface area contributed by atoms with E-state index in [1.807, 2.05) is 6.92 Å². The Kier molecular flexibility index (Phi) is 6.07. The molecule has 2 aromatic carbocycles. The molecule has 1 atom stereocenters. The molecule has 0 radical (unpaired) electrons. The zero-order chi connectivity index (χ0) is 22.9. The summed E-state index contributed by atoms with van der Waals surface area (Å²) in [5.41, 5.74) is 0.996. The van der Waals surface area contributed by atoms with Gasteiger partial charge in [-0.25, -0.2) is 13.2 Å². The van der Waals surface area contributed by atoms with Gasteiger partial charge in [-0.3, -0.25) is 9.36 Å². The molecule has 1 N–H and O–H groups in total. The summed E-state index contributed by atoms with van der Waals surface area (Å²) in [5, 5.41) is 2.71. The number of amides is 1. The van der Waals surface area contributed by atoms with Crippen LogP contribution in [0.1, 0.15) is 26.2 Å². The van der Waals surface area contributed by atoms with Crippen molar-refractivity contribution in [3.8, 4) is 5.75 Å². The van der Waals surface area contributed by atoms with Crippen molar-refractivity contribution < 1.29 is 22.4 Å². The van der Waals surface area contributed by atoms with Crippen LogP contribution in [-0.2, 0) is 21.4 Å². The van der Waals surface area contributed by atoms with Crippen LogP contribution in [-0.4, -0.2) is 42.9 Å². The van der Waals surface area contributed by atoms with E-state index >= 15 is 0 Å². The quantitative estimate of drug-likeness (QED) is 0.607. The van der Waals surface area contributed by atoms with Gasteiger partial charge in [0, 0.05) is 30.4 Å². The molecule has 0 aliphatic carbocycles. The van der Waals surface area contributed by atoms with E-state index in [9.17, 15) is 18.0 Å². The zero-order valence-corrected chi connectivity index (χ0v) is 18.7. The number of carbonyl (C=O) groups is 1. The Morgan fingerprint density at radius 1 is 1.22 bits per heavy atom. The predicted molar refractivity (Wildman–Crippen MR) is 119 cm³/mol. The van der Waals surface area contributed by atoms with Crippen LogP contribution >= 0.6 is 0 Å². The van der Waals surface area contributed by atoms with Crippen molar-refractivity contribution in [2.75, 3.05) is 19.0 Å². The molecule has 1 aliphatic rings. The molecule has 1 fully saturated rings. The third-order valence-electron chi connectivity index (χ3n) is 5.64. The third kappa shape index (κ3) is 4.28. The minimum Gasteiger partial charge on any atom is -0.497 e. The molecule has 0 spiro atoms. The Balaban J connectivity index is 1.58. The van der Waals surface area contributed by atoms with Crippen molar-refractivity contribution in [3.05, 3.63) is 53.0 Å². The fourth-order valence-corrected chi connectivity index (χ4v) is 5.68. The minimum absolute atomic E-state index is 0.0699. The molecule has 0 saturated carbocycles. The second-order valence-corrected chi connectivity index (χ2v) is 9.71. The fraction of sp³-hybridized carbons (Fsp3) is 0.364. The Bertz CT molecular complexity index is 1310. The maximum absolute atomic E-state index is 13.1. The van der Waals surface area contributed by atoms with Gasteiger partial charge in [-0.1, -0.05) is 12.5 Å². The molecule has 3 aromatic rings. The Morgan fingerprint density at radius 2 is 2.03 bits per heavy atom. The van der Waals surface area contributed by atoms with Crippen molar-refractivity contribution in [2.45, 2.75) is 43.7 Å². The van der Waals surface area contributed by atoms with E-state index in [2.05, 4.69) is 5.32 Å². The van der Waals surface area contributed by atoms with Crippen LogP contribution in [0.4, 0.5) is 5.69 Å². The smallest absolute Gasteiger partial charge is 0.420 e. The average molecular weight is 460 g/mol. The number of oxazole rings is 1. The number of nitrogens with zero attached hydrogens (tertiary/aromatic N) is 2. The van der Waals surface area contributed by atoms with Crippen LogP contribution < -0.4 is 15.8 Å². The molecule has 9 nitrogen and oxygen atoms in total. The first-order valence-electron chi connectivity index (χ1n) is 10.4. The Morgan fingerprint density at radius 3 is 2.78 bits per heavy atom. The Hall–Kier alpha value is -3.11. The van der Waals surface area contributed by atoms with Gasteiger partial charge in [0.1, 0.15) is 12.3 Å². The predicted octanol–water partition coefficient (Wildman–Crippen LogP) is 2.80. The molecule has 170 valence electrons. The van der Waals surface area contributed by atoms with E-state index in [4.69, 9.17) is 9.15 Å². The van der Waals surface area contributed by atoms with Crippen molar-refractivity contribution in [2.24, 2.45) is 0 Å². The van der Waals surface area contributed by atoms with Crippen molar-refractivity contribution >= 4 is 32.7 Å². The number of ether oxygens (including phenoxy) is 1. The summed E-state index contributed by atoms with van der Waals surface area (Å²) in [7, 11) is -2.18. The molecule has 32 heavy (non-hydrogen) atoms. The average Bonchev–Trinajstić information content (AvgIpc) is 3.08. The van der Waals surface area contributed by atoms with Crippen molar-refractivity contribution in [1.29, 1.82) is 0 Å². The number of hydrogen-bond donors (Lipinski definition) is 1. The summed E-state index contributed by atoms with van der Waals surface area (Å²) in [6.07, 6.45) is 2.64. The van der Waals surface area contributed by atoms with Crippen molar-refractivity contribution in [3.63, 3.8) is 0 Å². The lowest BCUT2D eigenvalue weighted by molar-refractivity contribution is -0.116. The summed E-state index contributed by atoms with van der Waals surface area (Å²) in [6, 6.07) is 11.1. The normalized spacial score (nSPS) is 17.4. The molecule has 1 aromatic heterocycles. The summed E-state index contributed by atoms with van der Waals surface area (Å²) in [6.45, 7) is 2.09. The van der Waals surface area contributed by atoms with Gasteiger partial charge >= 0.3 is 5.76 Å². The number of carbonyl (C=O) groups excluding carboxylic acids is 1. The van der Waals surface area contributed by atoms with Gasteiger partial charge in [0.25, 0.3) is 0 Å². The molecule has 2 heterocycles. The number of aromatic nitrogens is 1. The summed E-state index contributed by atoms with van der Waals surface area (Å²) in [5.74, 6) is -0.575. The van der Waals surface area contributed by atoms with E-state index < -0.39 is 21.7 Å². The number of rotatable bonds is 6. The number of benzene rings is 2. The van der Waals surface area contributed by atoms with Crippen LogP contribution in [0.15, 0.2) is 56.6 Å². The van der Waals surface area contributed by atoms with Crippen LogP contribution in [0.25, 0.3) is 11.1 Å². The lowest BCUT2D eigenvalue weighted by atomic mass is 10.1. The Labute approximate surface area is 185 Å². The first-order valence-corrected chi connectivity index (χ1v) is 11.8. The molecule has 4 rings (SSSR count). The first kappa shape index (κ1) is 22.1. The van der Waals surface area contributed by atoms with Gasteiger partial charge in [0.15, 0.2) is 5.58 Å². The number of nitrogens with one attached hydrogen (secondary N) is 1. The zero-order valence-electron chi connectivity index (χ0n) is 17.9. The van der Waals surface area contributed by atoms with Crippen LogP contribution in [0.3, 0.4) is 0 Å². The van der Waals surface area contributed by atoms with Gasteiger partial charge in [-0.2, -0.15) is 4.31 Å². The molecule has 1 amide bonds. The van der Waals surface area contributed by atoms with Gasteiger partial charge in [0.2, 0.25) is 15.9 Å². The van der Waals surface area contributed by atoms with Crippen LogP contribution in [0.2, 0.25) is 0 Å². The van der Waals surface area contributed by atoms with E-state index in [0.717, 1.165) is 19.3 Å². The van der Waals surface area contributed by atoms with E-state index in [-0.39, 0.29) is 23.1 Å². The highest BCUT2D eigenvalue weighted by atomic mass is 32.2. The second-order valence-electron chi connectivity index (χ2n) is 7.82. The number of methoxy groups -OCH3 is 1. The highest BCUT2D eigenvalue weighted by Gasteiger charge is 2.31. The standard InChI is InChI=1S/C22H25N3O6S/c1-15-6-3-4-11-25(15)32(28,29)18-9-10-19-20(13-18)31-22(27)24(19)14-21(26)23-16-7-5-8-17(12-16)30-2/h5,7-10,12-13,15H,3-4,6,11,14H2,1-2H3,(H,23,26). The minimum atomic E-state index is -3.71. The summed E-state index contributed by atoms with van der Waals surface area (Å²) in [4.78, 5) is 24.9. The van der Waals surface area contributed by atoms with E-state index in [1.165, 1.54) is 34.2 Å². The number of hydrogen-bond acceptors (Lipinski definition) is 6. The van der Waals surface area contributed by atoms with Crippen LogP contribution in [0.5, 0.6) is 5.75 Å². The number of piperidine rings is 1. The summed E-state index contributed by atoms with van der Waals surface area (Å²) < 4.78 is 39.2. The summed E-state index contributed by atoms with van der Waals surface area (Å²) >= 11 is 0. The lowest BCUT2D eigenvalue weighted by Gasteiger charge is -2.32. The lowest BCUT2D eigenvalue weighted by Crippen LogP contribution is -2.41. The number of anilines is 1. The molecule has 0 bridgehead atoms. The molecule has 1 aliphatic heterocycles. The molecular weight excluding hydrogens is 434 g/mol. The monoisotopic (exact) mass is 459 g/mol. The highest BCUT2D eigenvalue weighted by molar-refractivity contribution is 7.89. The second kappa shape index (κ2) is 8.79. The number of sulfonamides is 1. The number of fused-ring (bicyclic) bond motifs is 1. The van der Waals surface area contributed by atoms with E-state index in [0.29, 0.717) is 23.5 Å². The maximum Gasteiger partial charge on any atom is 0.420 e. The van der Waals surface area contributed by atoms with Gasteiger partial charge < -0.3 is 14.5 Å². The first-order chi connectivity index (χ1) is 15.3. The maximum atomic E-state index is 13.1. The molecular formula is C22H25N3O6S. The largest absolute Gasteiger partial charge is 0.497 e.